The third kappa shape index (κ3) is 3.33. The normalized spacial score (nSPS) is 10.0. The molecule has 0 saturated carbocycles. The van der Waals surface area contributed by atoms with Crippen molar-refractivity contribution in [1.29, 1.82) is 5.26 Å². The molecule has 0 aliphatic heterocycles. The highest BCUT2D eigenvalue weighted by molar-refractivity contribution is 9.10. The van der Waals surface area contributed by atoms with Crippen molar-refractivity contribution in [2.75, 3.05) is 5.32 Å². The average Bonchev–Trinajstić information content (AvgIpc) is 2.40. The van der Waals surface area contributed by atoms with Crippen LogP contribution in [-0.2, 0) is 6.54 Å². The molecule has 2 rings (SSSR count). The minimum Gasteiger partial charge on any atom is -0.380 e. The molecule has 96 valence electrons. The average molecular weight is 319 g/mol. The lowest BCUT2D eigenvalue weighted by Gasteiger charge is -2.10. The van der Waals surface area contributed by atoms with E-state index < -0.39 is 0 Å². The highest BCUT2D eigenvalue weighted by Crippen LogP contribution is 2.26. The molecule has 0 unspecified atom stereocenters. The molecule has 0 amide bonds. The summed E-state index contributed by atoms with van der Waals surface area (Å²) in [5.74, 6) is -0.390. The van der Waals surface area contributed by atoms with Gasteiger partial charge in [-0.3, -0.25) is 0 Å². The van der Waals surface area contributed by atoms with Crippen LogP contribution in [0.2, 0.25) is 0 Å². The number of nitrogens with zero attached hydrogens (tertiary/aromatic N) is 1. The summed E-state index contributed by atoms with van der Waals surface area (Å²) in [5.41, 5.74) is 3.15. The van der Waals surface area contributed by atoms with Gasteiger partial charge in [0.25, 0.3) is 0 Å². The van der Waals surface area contributed by atoms with Crippen molar-refractivity contribution in [3.05, 3.63) is 63.4 Å². The maximum Gasteiger partial charge on any atom is 0.124 e. The third-order valence-corrected chi connectivity index (χ3v) is 3.81. The number of benzene rings is 2. The topological polar surface area (TPSA) is 35.8 Å². The quantitative estimate of drug-likeness (QED) is 0.911. The van der Waals surface area contributed by atoms with Crippen LogP contribution in [-0.4, -0.2) is 0 Å². The molecule has 0 atom stereocenters. The highest BCUT2D eigenvalue weighted by atomic mass is 79.9. The fraction of sp³-hybridized carbons (Fsp3) is 0.133. The number of halogens is 2. The predicted molar refractivity (Wildman–Crippen MR) is 77.3 cm³/mol. The van der Waals surface area contributed by atoms with Gasteiger partial charge in [0.05, 0.1) is 11.6 Å². The summed E-state index contributed by atoms with van der Waals surface area (Å²) in [4.78, 5) is 0. The van der Waals surface area contributed by atoms with Gasteiger partial charge in [-0.2, -0.15) is 5.26 Å². The van der Waals surface area contributed by atoms with E-state index in [0.717, 1.165) is 21.3 Å². The molecular weight excluding hydrogens is 307 g/mol. The molecule has 2 aromatic carbocycles. The number of nitriles is 1. The van der Waals surface area contributed by atoms with Crippen LogP contribution in [0.4, 0.5) is 10.1 Å². The monoisotopic (exact) mass is 318 g/mol. The van der Waals surface area contributed by atoms with E-state index in [1.54, 1.807) is 6.07 Å². The van der Waals surface area contributed by atoms with Crippen molar-refractivity contribution < 1.29 is 4.39 Å². The van der Waals surface area contributed by atoms with Gasteiger partial charge in [0.1, 0.15) is 5.82 Å². The maximum absolute atomic E-state index is 13.3. The number of anilines is 1. The molecule has 19 heavy (non-hydrogen) atoms. The largest absolute Gasteiger partial charge is 0.380 e. The summed E-state index contributed by atoms with van der Waals surface area (Å²) in [7, 11) is 0. The Morgan fingerprint density at radius 1 is 1.32 bits per heavy atom. The van der Waals surface area contributed by atoms with E-state index >= 15 is 0 Å². The molecule has 4 heteroatoms. The lowest BCUT2D eigenvalue weighted by Crippen LogP contribution is -2.01. The number of aryl methyl sites for hydroxylation is 1. The smallest absolute Gasteiger partial charge is 0.124 e. The molecular formula is C15H12BrFN2. The SMILES string of the molecule is Cc1cccc(NCc2cc(F)cc(C#N)c2)c1Br. The molecule has 0 aliphatic rings. The maximum atomic E-state index is 13.3. The van der Waals surface area contributed by atoms with Gasteiger partial charge >= 0.3 is 0 Å². The Labute approximate surface area is 120 Å². The first-order valence-electron chi connectivity index (χ1n) is 5.78. The van der Waals surface area contributed by atoms with E-state index in [4.69, 9.17) is 5.26 Å². The molecule has 2 aromatic rings. The summed E-state index contributed by atoms with van der Waals surface area (Å²) >= 11 is 3.51. The zero-order valence-electron chi connectivity index (χ0n) is 10.4. The van der Waals surface area contributed by atoms with Crippen LogP contribution in [0.5, 0.6) is 0 Å². The Bertz CT molecular complexity index is 647. The van der Waals surface area contributed by atoms with Gasteiger partial charge in [-0.05, 0) is 58.2 Å². The Kier molecular flexibility index (Phi) is 4.18. The molecule has 0 fully saturated rings. The van der Waals surface area contributed by atoms with Crippen molar-refractivity contribution in [3.63, 3.8) is 0 Å². The van der Waals surface area contributed by atoms with Gasteiger partial charge < -0.3 is 5.32 Å². The van der Waals surface area contributed by atoms with Crippen molar-refractivity contribution in [2.45, 2.75) is 13.5 Å². The minimum atomic E-state index is -0.390. The number of rotatable bonds is 3. The van der Waals surface area contributed by atoms with E-state index in [1.165, 1.54) is 12.1 Å². The second-order valence-electron chi connectivity index (χ2n) is 4.25. The molecule has 0 heterocycles. The van der Waals surface area contributed by atoms with Gasteiger partial charge in [0.15, 0.2) is 0 Å². The summed E-state index contributed by atoms with van der Waals surface area (Å²) in [5, 5.41) is 12.0. The number of hydrogen-bond acceptors (Lipinski definition) is 2. The first-order valence-corrected chi connectivity index (χ1v) is 6.58. The van der Waals surface area contributed by atoms with Crippen molar-refractivity contribution in [3.8, 4) is 6.07 Å². The Hall–Kier alpha value is -1.86. The van der Waals surface area contributed by atoms with Gasteiger partial charge in [0, 0.05) is 16.7 Å². The van der Waals surface area contributed by atoms with Crippen LogP contribution in [0.3, 0.4) is 0 Å². The Balaban J connectivity index is 2.17. The van der Waals surface area contributed by atoms with Crippen LogP contribution in [0.15, 0.2) is 40.9 Å². The zero-order chi connectivity index (χ0) is 13.8. The summed E-state index contributed by atoms with van der Waals surface area (Å²) in [6.45, 7) is 2.47. The Morgan fingerprint density at radius 3 is 2.84 bits per heavy atom. The van der Waals surface area contributed by atoms with Crippen molar-refractivity contribution in [1.82, 2.24) is 0 Å². The molecule has 0 spiro atoms. The fourth-order valence-corrected chi connectivity index (χ4v) is 2.20. The van der Waals surface area contributed by atoms with Crippen LogP contribution >= 0.6 is 15.9 Å². The molecule has 0 bridgehead atoms. The van der Waals surface area contributed by atoms with Crippen LogP contribution < -0.4 is 5.32 Å². The van der Waals surface area contributed by atoms with E-state index in [-0.39, 0.29) is 5.82 Å². The van der Waals surface area contributed by atoms with Gasteiger partial charge in [-0.15, -0.1) is 0 Å². The van der Waals surface area contributed by atoms with E-state index in [9.17, 15) is 4.39 Å². The third-order valence-electron chi connectivity index (χ3n) is 2.76. The standard InChI is InChI=1S/C15H12BrFN2/c1-10-3-2-4-14(15(10)16)19-9-12-5-11(8-18)6-13(17)7-12/h2-7,19H,9H2,1H3. The molecule has 0 radical (unpaired) electrons. The second-order valence-corrected chi connectivity index (χ2v) is 5.04. The van der Waals surface area contributed by atoms with Gasteiger partial charge in [-0.25, -0.2) is 4.39 Å². The lowest BCUT2D eigenvalue weighted by molar-refractivity contribution is 0.625. The van der Waals surface area contributed by atoms with Gasteiger partial charge in [0.2, 0.25) is 0 Å². The van der Waals surface area contributed by atoms with E-state index in [0.29, 0.717) is 12.1 Å². The van der Waals surface area contributed by atoms with Crippen molar-refractivity contribution in [2.24, 2.45) is 0 Å². The lowest BCUT2D eigenvalue weighted by atomic mass is 10.1. The first-order chi connectivity index (χ1) is 9.10. The fourth-order valence-electron chi connectivity index (χ4n) is 1.80. The molecule has 2 nitrogen and oxygen atoms in total. The minimum absolute atomic E-state index is 0.333. The molecule has 0 saturated heterocycles. The number of hydrogen-bond donors (Lipinski definition) is 1. The van der Waals surface area contributed by atoms with Crippen molar-refractivity contribution >= 4 is 21.6 Å². The first kappa shape index (κ1) is 13.6. The molecule has 0 aliphatic carbocycles. The van der Waals surface area contributed by atoms with Crippen LogP contribution in [0, 0.1) is 24.1 Å². The molecule has 0 aromatic heterocycles. The van der Waals surface area contributed by atoms with Crippen LogP contribution in [0.1, 0.15) is 16.7 Å². The summed E-state index contributed by atoms with van der Waals surface area (Å²) < 4.78 is 14.3. The van der Waals surface area contributed by atoms with Crippen LogP contribution in [0.25, 0.3) is 0 Å². The Morgan fingerprint density at radius 2 is 2.11 bits per heavy atom. The van der Waals surface area contributed by atoms with E-state index in [1.807, 2.05) is 31.2 Å². The summed E-state index contributed by atoms with van der Waals surface area (Å²) in [6, 6.07) is 12.2. The second kappa shape index (κ2) is 5.85. The molecule has 1 N–H and O–H groups in total. The van der Waals surface area contributed by atoms with Gasteiger partial charge in [-0.1, -0.05) is 12.1 Å². The number of nitrogens with one attached hydrogen (secondary N) is 1. The summed E-state index contributed by atoms with van der Waals surface area (Å²) in [6.07, 6.45) is 0. The predicted octanol–water partition coefficient (Wildman–Crippen LogP) is 4.38. The van der Waals surface area contributed by atoms with E-state index in [2.05, 4.69) is 21.2 Å². The zero-order valence-corrected chi connectivity index (χ0v) is 12.0. The highest BCUT2D eigenvalue weighted by Gasteiger charge is 2.04.